The monoisotopic (exact) mass is 141 g/mol. The molecule has 0 aromatic heterocycles. The smallest absolute Gasteiger partial charge is 0.0276 e. The van der Waals surface area contributed by atoms with Gasteiger partial charge in [0, 0.05) is 12.8 Å². The molecule has 0 aliphatic heterocycles. The Morgan fingerprint density at radius 3 is 2.30 bits per heavy atom. The highest BCUT2D eigenvalue weighted by Crippen LogP contribution is 2.09. The summed E-state index contributed by atoms with van der Waals surface area (Å²) in [6.07, 6.45) is 3.65. The van der Waals surface area contributed by atoms with Gasteiger partial charge in [-0.2, -0.15) is 0 Å². The van der Waals surface area contributed by atoms with Crippen molar-refractivity contribution < 1.29 is 0 Å². The highest BCUT2D eigenvalue weighted by molar-refractivity contribution is 5.86. The van der Waals surface area contributed by atoms with Crippen molar-refractivity contribution in [3.8, 4) is 0 Å². The molecule has 0 fully saturated rings. The highest BCUT2D eigenvalue weighted by atomic mass is 14.7. The molecule has 0 amide bonds. The summed E-state index contributed by atoms with van der Waals surface area (Å²) in [5.41, 5.74) is 1.36. The van der Waals surface area contributed by atoms with Crippen LogP contribution < -0.4 is 0 Å². The summed E-state index contributed by atoms with van der Waals surface area (Å²) in [4.78, 5) is 4.24. The first-order chi connectivity index (χ1) is 4.76. The summed E-state index contributed by atoms with van der Waals surface area (Å²) in [7, 11) is 1.89. The lowest BCUT2D eigenvalue weighted by atomic mass is 9.98. The number of nitrogens with zero attached hydrogens (tertiary/aromatic N) is 1. The second-order valence-electron chi connectivity index (χ2n) is 2.76. The predicted octanol–water partition coefficient (Wildman–Crippen LogP) is 2.90. The molecule has 1 heteroatoms. The van der Waals surface area contributed by atoms with Gasteiger partial charge in [0.05, 0.1) is 0 Å². The van der Waals surface area contributed by atoms with Crippen molar-refractivity contribution >= 4 is 5.71 Å². The van der Waals surface area contributed by atoms with E-state index < -0.39 is 0 Å². The molecule has 0 aromatic rings. The van der Waals surface area contributed by atoms with Gasteiger partial charge in [0.15, 0.2) is 0 Å². The summed E-state index contributed by atoms with van der Waals surface area (Å²) >= 11 is 0. The Bertz CT molecular complexity index is 105. The molecule has 10 heavy (non-hydrogen) atoms. The van der Waals surface area contributed by atoms with Crippen LogP contribution in [-0.2, 0) is 0 Å². The normalized spacial score (nSPS) is 15.4. The van der Waals surface area contributed by atoms with Crippen LogP contribution in [0.1, 0.15) is 40.0 Å². The third kappa shape index (κ3) is 3.00. The van der Waals surface area contributed by atoms with E-state index in [0.717, 1.165) is 6.42 Å². The van der Waals surface area contributed by atoms with Crippen molar-refractivity contribution in [1.82, 2.24) is 0 Å². The van der Waals surface area contributed by atoms with Crippen LogP contribution in [0.4, 0.5) is 0 Å². The molecule has 0 aliphatic rings. The van der Waals surface area contributed by atoms with Gasteiger partial charge in [-0.25, -0.2) is 0 Å². The maximum atomic E-state index is 4.24. The zero-order valence-electron chi connectivity index (χ0n) is 7.65. The predicted molar refractivity (Wildman–Crippen MR) is 47.7 cm³/mol. The van der Waals surface area contributed by atoms with Gasteiger partial charge in [-0.3, -0.25) is 4.99 Å². The summed E-state index contributed by atoms with van der Waals surface area (Å²) < 4.78 is 0. The lowest BCUT2D eigenvalue weighted by Crippen LogP contribution is -2.09. The van der Waals surface area contributed by atoms with E-state index in [4.69, 9.17) is 0 Å². The Kier molecular flexibility index (Phi) is 5.27. The lowest BCUT2D eigenvalue weighted by molar-refractivity contribution is 0.656. The van der Waals surface area contributed by atoms with Gasteiger partial charge < -0.3 is 0 Å². The Balaban J connectivity index is 3.77. The molecule has 0 N–H and O–H groups in total. The van der Waals surface area contributed by atoms with Gasteiger partial charge in [-0.1, -0.05) is 27.2 Å². The van der Waals surface area contributed by atoms with Crippen molar-refractivity contribution in [2.24, 2.45) is 10.9 Å². The molecule has 0 saturated heterocycles. The van der Waals surface area contributed by atoms with Crippen LogP contribution in [0.15, 0.2) is 4.99 Å². The van der Waals surface area contributed by atoms with E-state index in [1.165, 1.54) is 18.6 Å². The maximum Gasteiger partial charge on any atom is 0.0276 e. The molecule has 0 aliphatic carbocycles. The average Bonchev–Trinajstić information content (AvgIpc) is 1.91. The van der Waals surface area contributed by atoms with Gasteiger partial charge in [0.2, 0.25) is 0 Å². The Hall–Kier alpha value is -0.330. The number of aliphatic imine (C=N–C) groups is 1. The Morgan fingerprint density at radius 1 is 1.40 bits per heavy atom. The van der Waals surface area contributed by atoms with E-state index in [0.29, 0.717) is 5.92 Å². The first-order valence-corrected chi connectivity index (χ1v) is 4.21. The van der Waals surface area contributed by atoms with Crippen LogP contribution in [-0.4, -0.2) is 12.8 Å². The second kappa shape index (κ2) is 5.45. The molecule has 0 heterocycles. The van der Waals surface area contributed by atoms with Crippen LogP contribution in [0.5, 0.6) is 0 Å². The van der Waals surface area contributed by atoms with Crippen molar-refractivity contribution in [2.75, 3.05) is 7.05 Å². The molecule has 1 nitrogen and oxygen atoms in total. The van der Waals surface area contributed by atoms with E-state index >= 15 is 0 Å². The molecule has 0 bridgehead atoms. The minimum absolute atomic E-state index is 0.694. The van der Waals surface area contributed by atoms with Crippen LogP contribution >= 0.6 is 0 Å². The zero-order valence-corrected chi connectivity index (χ0v) is 7.65. The third-order valence-corrected chi connectivity index (χ3v) is 1.94. The largest absolute Gasteiger partial charge is 0.297 e. The van der Waals surface area contributed by atoms with E-state index in [1.54, 1.807) is 0 Å². The minimum atomic E-state index is 0.694. The van der Waals surface area contributed by atoms with Crippen LogP contribution in [0.3, 0.4) is 0 Å². The van der Waals surface area contributed by atoms with E-state index in [2.05, 4.69) is 25.8 Å². The second-order valence-corrected chi connectivity index (χ2v) is 2.76. The Labute approximate surface area is 64.6 Å². The molecule has 1 unspecified atom stereocenters. The van der Waals surface area contributed by atoms with Gasteiger partial charge in [0.1, 0.15) is 0 Å². The Morgan fingerprint density at radius 2 is 2.00 bits per heavy atom. The van der Waals surface area contributed by atoms with E-state index in [9.17, 15) is 0 Å². The molecule has 0 aromatic carbocycles. The topological polar surface area (TPSA) is 12.4 Å². The molecule has 60 valence electrons. The number of hydrogen-bond donors (Lipinski definition) is 0. The van der Waals surface area contributed by atoms with Crippen molar-refractivity contribution in [1.29, 1.82) is 0 Å². The van der Waals surface area contributed by atoms with Gasteiger partial charge in [0.25, 0.3) is 0 Å². The van der Waals surface area contributed by atoms with Gasteiger partial charge in [-0.05, 0) is 18.8 Å². The van der Waals surface area contributed by atoms with E-state index in [-0.39, 0.29) is 0 Å². The molecular formula is C9H19N. The standard InChI is InChI=1S/C9H19N/c1-5-7-8(3)9(6-2)10-4/h8H,5-7H2,1-4H3/b10-9-. The summed E-state index contributed by atoms with van der Waals surface area (Å²) in [6.45, 7) is 6.66. The van der Waals surface area contributed by atoms with Crippen molar-refractivity contribution in [3.05, 3.63) is 0 Å². The fourth-order valence-corrected chi connectivity index (χ4v) is 1.33. The van der Waals surface area contributed by atoms with Crippen LogP contribution in [0.25, 0.3) is 0 Å². The van der Waals surface area contributed by atoms with E-state index in [1.807, 2.05) is 7.05 Å². The zero-order chi connectivity index (χ0) is 7.98. The summed E-state index contributed by atoms with van der Waals surface area (Å²) in [5, 5.41) is 0. The van der Waals surface area contributed by atoms with Gasteiger partial charge >= 0.3 is 0 Å². The quantitative estimate of drug-likeness (QED) is 0.534. The molecule has 0 saturated carbocycles. The summed E-state index contributed by atoms with van der Waals surface area (Å²) in [6, 6.07) is 0. The molecule has 0 spiro atoms. The first-order valence-electron chi connectivity index (χ1n) is 4.21. The minimum Gasteiger partial charge on any atom is -0.297 e. The van der Waals surface area contributed by atoms with Crippen molar-refractivity contribution in [2.45, 2.75) is 40.0 Å². The SMILES string of the molecule is CCCC(C)/C(CC)=N\C. The lowest BCUT2D eigenvalue weighted by Gasteiger charge is -2.10. The van der Waals surface area contributed by atoms with Crippen LogP contribution in [0, 0.1) is 5.92 Å². The number of rotatable bonds is 4. The van der Waals surface area contributed by atoms with Crippen LogP contribution in [0.2, 0.25) is 0 Å². The van der Waals surface area contributed by atoms with Gasteiger partial charge in [-0.15, -0.1) is 0 Å². The molecule has 0 radical (unpaired) electrons. The number of hydrogen-bond acceptors (Lipinski definition) is 1. The molecular weight excluding hydrogens is 122 g/mol. The fraction of sp³-hybridized carbons (Fsp3) is 0.889. The average molecular weight is 141 g/mol. The van der Waals surface area contributed by atoms with Crippen molar-refractivity contribution in [3.63, 3.8) is 0 Å². The molecule has 1 atom stereocenters. The fourth-order valence-electron chi connectivity index (χ4n) is 1.33. The first kappa shape index (κ1) is 9.67. The highest BCUT2D eigenvalue weighted by Gasteiger charge is 2.05. The third-order valence-electron chi connectivity index (χ3n) is 1.94. The molecule has 0 rings (SSSR count). The summed E-state index contributed by atoms with van der Waals surface area (Å²) in [5.74, 6) is 0.694. The maximum absolute atomic E-state index is 4.24.